The van der Waals surface area contributed by atoms with Gasteiger partial charge in [0.25, 0.3) is 0 Å². The van der Waals surface area contributed by atoms with E-state index in [0.29, 0.717) is 13.1 Å². The highest BCUT2D eigenvalue weighted by Gasteiger charge is 2.18. The number of nitrogens with one attached hydrogen (secondary N) is 2. The zero-order valence-electron chi connectivity index (χ0n) is 11.0. The van der Waals surface area contributed by atoms with Crippen molar-refractivity contribution < 1.29 is 9.90 Å². The summed E-state index contributed by atoms with van der Waals surface area (Å²) in [5.74, 6) is 0. The van der Waals surface area contributed by atoms with Crippen molar-refractivity contribution in [2.45, 2.75) is 12.5 Å². The molecule has 1 aromatic carbocycles. The lowest BCUT2D eigenvalue weighted by Crippen LogP contribution is -2.41. The van der Waals surface area contributed by atoms with E-state index in [1.165, 1.54) is 5.56 Å². The summed E-state index contributed by atoms with van der Waals surface area (Å²) in [7, 11) is 0. The van der Waals surface area contributed by atoms with E-state index >= 15 is 0 Å². The molecule has 1 unspecified atom stereocenters. The third-order valence-corrected chi connectivity index (χ3v) is 3.31. The Morgan fingerprint density at radius 1 is 1.37 bits per heavy atom. The average Bonchev–Trinajstić information content (AvgIpc) is 2.84. The van der Waals surface area contributed by atoms with E-state index in [0.717, 1.165) is 19.5 Å². The van der Waals surface area contributed by atoms with Crippen LogP contribution >= 0.6 is 0 Å². The second-order valence-electron chi connectivity index (χ2n) is 4.74. The topological polar surface area (TPSA) is 64.6 Å². The van der Waals surface area contributed by atoms with E-state index < -0.39 is 0 Å². The Labute approximate surface area is 113 Å². The van der Waals surface area contributed by atoms with E-state index in [9.17, 15) is 9.90 Å². The molecule has 0 aromatic heterocycles. The minimum absolute atomic E-state index is 0.00501. The number of aliphatic hydroxyl groups is 1. The summed E-state index contributed by atoms with van der Waals surface area (Å²) in [4.78, 5) is 13.1. The highest BCUT2D eigenvalue weighted by Crippen LogP contribution is 2.03. The Bertz CT molecular complexity index is 397. The number of benzene rings is 1. The maximum absolute atomic E-state index is 11.3. The molecule has 0 spiro atoms. The monoisotopic (exact) mass is 263 g/mol. The molecule has 1 aliphatic rings. The van der Waals surface area contributed by atoms with Crippen molar-refractivity contribution in [3.63, 3.8) is 0 Å². The van der Waals surface area contributed by atoms with Gasteiger partial charge in [-0.25, -0.2) is 4.79 Å². The van der Waals surface area contributed by atoms with Crippen molar-refractivity contribution in [1.82, 2.24) is 15.5 Å². The van der Waals surface area contributed by atoms with Gasteiger partial charge in [-0.1, -0.05) is 30.3 Å². The summed E-state index contributed by atoms with van der Waals surface area (Å²) in [5, 5.41) is 15.4. The molecule has 1 aromatic rings. The fourth-order valence-electron chi connectivity index (χ4n) is 2.23. The first kappa shape index (κ1) is 13.8. The highest BCUT2D eigenvalue weighted by molar-refractivity contribution is 5.76. The zero-order valence-corrected chi connectivity index (χ0v) is 11.0. The molecule has 0 bridgehead atoms. The first-order valence-electron chi connectivity index (χ1n) is 6.70. The lowest BCUT2D eigenvalue weighted by Gasteiger charge is -2.19. The van der Waals surface area contributed by atoms with Crippen LogP contribution in [0, 0.1) is 0 Å². The second-order valence-corrected chi connectivity index (χ2v) is 4.74. The number of rotatable bonds is 7. The van der Waals surface area contributed by atoms with Gasteiger partial charge in [0.2, 0.25) is 0 Å². The second kappa shape index (κ2) is 7.11. The Morgan fingerprint density at radius 2 is 2.16 bits per heavy atom. The van der Waals surface area contributed by atoms with E-state index in [2.05, 4.69) is 22.8 Å². The number of carbonyl (C=O) groups is 1. The summed E-state index contributed by atoms with van der Waals surface area (Å²) in [6, 6.07) is 10.1. The van der Waals surface area contributed by atoms with Gasteiger partial charge in [-0.05, 0) is 12.0 Å². The largest absolute Gasteiger partial charge is 0.395 e. The minimum atomic E-state index is 0.00501. The normalized spacial score (nSPS) is 16.5. The molecule has 2 rings (SSSR count). The van der Waals surface area contributed by atoms with Crippen LogP contribution in [-0.4, -0.2) is 54.9 Å². The van der Waals surface area contributed by atoms with Crippen LogP contribution in [0.15, 0.2) is 30.3 Å². The Hall–Kier alpha value is -1.59. The zero-order chi connectivity index (χ0) is 13.5. The minimum Gasteiger partial charge on any atom is -0.395 e. The summed E-state index contributed by atoms with van der Waals surface area (Å²) in [6.45, 7) is 2.97. The van der Waals surface area contributed by atoms with Crippen LogP contribution in [0.2, 0.25) is 0 Å². The average molecular weight is 263 g/mol. The van der Waals surface area contributed by atoms with Crippen LogP contribution in [0.25, 0.3) is 0 Å². The lowest BCUT2D eigenvalue weighted by atomic mass is 10.1. The first-order valence-corrected chi connectivity index (χ1v) is 6.70. The molecule has 5 nitrogen and oxygen atoms in total. The molecule has 5 heteroatoms. The van der Waals surface area contributed by atoms with Crippen LogP contribution in [-0.2, 0) is 6.42 Å². The third-order valence-electron chi connectivity index (χ3n) is 3.31. The maximum Gasteiger partial charge on any atom is 0.317 e. The first-order chi connectivity index (χ1) is 9.29. The van der Waals surface area contributed by atoms with Crippen LogP contribution in [0.1, 0.15) is 5.56 Å². The van der Waals surface area contributed by atoms with Gasteiger partial charge in [0.1, 0.15) is 0 Å². The molecule has 104 valence electrons. The number of hydrogen-bond donors (Lipinski definition) is 3. The number of amides is 2. The van der Waals surface area contributed by atoms with Gasteiger partial charge in [0.05, 0.1) is 6.61 Å². The fourth-order valence-corrected chi connectivity index (χ4v) is 2.23. The van der Waals surface area contributed by atoms with Crippen LogP contribution in [0.3, 0.4) is 0 Å². The van der Waals surface area contributed by atoms with Crippen LogP contribution in [0.4, 0.5) is 4.79 Å². The molecule has 3 N–H and O–H groups in total. The van der Waals surface area contributed by atoms with Crippen molar-refractivity contribution >= 4 is 6.03 Å². The number of urea groups is 1. The molecule has 1 fully saturated rings. The quantitative estimate of drug-likeness (QED) is 0.659. The molecule has 1 heterocycles. The van der Waals surface area contributed by atoms with E-state index in [-0.39, 0.29) is 18.7 Å². The van der Waals surface area contributed by atoms with Crippen molar-refractivity contribution in [2.75, 3.05) is 32.8 Å². The van der Waals surface area contributed by atoms with Gasteiger partial charge in [-0.15, -0.1) is 0 Å². The van der Waals surface area contributed by atoms with E-state index in [4.69, 9.17) is 0 Å². The van der Waals surface area contributed by atoms with Crippen molar-refractivity contribution in [1.29, 1.82) is 0 Å². The molecule has 1 saturated heterocycles. The molecule has 1 atom stereocenters. The Balaban J connectivity index is 1.72. The summed E-state index contributed by atoms with van der Waals surface area (Å²) in [5.41, 5.74) is 1.20. The van der Waals surface area contributed by atoms with Gasteiger partial charge in [-0.3, -0.25) is 0 Å². The smallest absolute Gasteiger partial charge is 0.317 e. The number of nitrogens with zero attached hydrogens (tertiary/aromatic N) is 1. The number of hydrogen-bond acceptors (Lipinski definition) is 3. The summed E-state index contributed by atoms with van der Waals surface area (Å²) in [6.07, 6.45) is 0.795. The van der Waals surface area contributed by atoms with Gasteiger partial charge in [0, 0.05) is 32.2 Å². The lowest BCUT2D eigenvalue weighted by molar-refractivity contribution is 0.212. The summed E-state index contributed by atoms with van der Waals surface area (Å²) >= 11 is 0. The molecular weight excluding hydrogens is 242 g/mol. The van der Waals surface area contributed by atoms with Crippen molar-refractivity contribution in [2.24, 2.45) is 0 Å². The molecule has 1 aliphatic heterocycles. The number of aliphatic hydroxyl groups excluding tert-OH is 1. The van der Waals surface area contributed by atoms with E-state index in [1.807, 2.05) is 18.2 Å². The van der Waals surface area contributed by atoms with Crippen molar-refractivity contribution in [3.05, 3.63) is 35.9 Å². The van der Waals surface area contributed by atoms with Crippen LogP contribution in [0.5, 0.6) is 0 Å². The van der Waals surface area contributed by atoms with Gasteiger partial charge in [0.15, 0.2) is 0 Å². The van der Waals surface area contributed by atoms with Gasteiger partial charge in [-0.2, -0.15) is 0 Å². The third kappa shape index (κ3) is 4.22. The standard InChI is InChI=1S/C14H21N3O2/c18-11-13(10-12-4-2-1-3-5-12)15-6-8-17-9-7-16-14(17)19/h1-5,13,15,18H,6-11H2,(H,16,19). The Morgan fingerprint density at radius 3 is 2.79 bits per heavy atom. The number of carbonyl (C=O) groups excluding carboxylic acids is 1. The van der Waals surface area contributed by atoms with Gasteiger partial charge >= 0.3 is 6.03 Å². The van der Waals surface area contributed by atoms with E-state index in [1.54, 1.807) is 4.90 Å². The molecule has 2 amide bonds. The molecule has 0 radical (unpaired) electrons. The highest BCUT2D eigenvalue weighted by atomic mass is 16.3. The maximum atomic E-state index is 11.3. The molecule has 0 aliphatic carbocycles. The molecule has 19 heavy (non-hydrogen) atoms. The SMILES string of the molecule is O=C1NCCN1CCNC(CO)Cc1ccccc1. The van der Waals surface area contributed by atoms with Crippen LogP contribution < -0.4 is 10.6 Å². The summed E-state index contributed by atoms with van der Waals surface area (Å²) < 4.78 is 0. The fraction of sp³-hybridized carbons (Fsp3) is 0.500. The van der Waals surface area contributed by atoms with Gasteiger partial charge < -0.3 is 20.6 Å². The Kier molecular flexibility index (Phi) is 5.18. The van der Waals surface area contributed by atoms with Crippen molar-refractivity contribution in [3.8, 4) is 0 Å². The molecule has 0 saturated carbocycles. The molecular formula is C14H21N3O2. The predicted molar refractivity (Wildman–Crippen MR) is 74.0 cm³/mol. The predicted octanol–water partition coefficient (Wildman–Crippen LogP) is 0.205.